The summed E-state index contributed by atoms with van der Waals surface area (Å²) in [6.45, 7) is 5.33. The Balaban J connectivity index is 1.93. The molecule has 1 aromatic carbocycles. The summed E-state index contributed by atoms with van der Waals surface area (Å²) in [5.41, 5.74) is 0.785. The van der Waals surface area contributed by atoms with Gasteiger partial charge in [0.1, 0.15) is 12.3 Å². The number of ether oxygens (including phenoxy) is 1. The van der Waals surface area contributed by atoms with E-state index >= 15 is 0 Å². The molecular weight excluding hydrogens is 310 g/mol. The minimum atomic E-state index is -0.266. The number of anilines is 1. The predicted octanol–water partition coefficient (Wildman–Crippen LogP) is 1.21. The molecule has 1 aromatic rings. The Bertz CT molecular complexity index is 557. The second-order valence-electron chi connectivity index (χ2n) is 5.64. The number of hydrogen-bond donors (Lipinski definition) is 2. The van der Waals surface area contributed by atoms with E-state index in [9.17, 15) is 9.59 Å². The Labute approximate surface area is 142 Å². The molecule has 7 heteroatoms. The molecule has 1 heterocycles. The van der Waals surface area contributed by atoms with E-state index in [-0.39, 0.29) is 31.1 Å². The first-order chi connectivity index (χ1) is 11.6. The van der Waals surface area contributed by atoms with E-state index in [1.807, 2.05) is 38.1 Å². The van der Waals surface area contributed by atoms with Gasteiger partial charge >= 0.3 is 6.03 Å². The summed E-state index contributed by atoms with van der Waals surface area (Å²) in [5.74, 6) is 0.511. The minimum Gasteiger partial charge on any atom is -0.494 e. The second kappa shape index (κ2) is 8.54. The van der Waals surface area contributed by atoms with Gasteiger partial charge in [0.2, 0.25) is 5.91 Å². The lowest BCUT2D eigenvalue weighted by Crippen LogP contribution is -2.44. The number of hydrogen-bond acceptors (Lipinski definition) is 4. The van der Waals surface area contributed by atoms with Crippen molar-refractivity contribution in [3.63, 3.8) is 0 Å². The van der Waals surface area contributed by atoms with Crippen LogP contribution in [0.3, 0.4) is 0 Å². The molecule has 0 radical (unpaired) electrons. The van der Waals surface area contributed by atoms with Gasteiger partial charge in [-0.3, -0.25) is 9.69 Å². The fourth-order valence-corrected chi connectivity index (χ4v) is 2.58. The van der Waals surface area contributed by atoms with Gasteiger partial charge in [0.15, 0.2) is 0 Å². The molecule has 1 fully saturated rings. The van der Waals surface area contributed by atoms with Crippen LogP contribution in [0.5, 0.6) is 5.75 Å². The highest BCUT2D eigenvalue weighted by molar-refractivity contribution is 5.96. The quantitative estimate of drug-likeness (QED) is 0.748. The molecular formula is C17H25N3O4. The molecule has 24 heavy (non-hydrogen) atoms. The number of aliphatic hydroxyl groups is 1. The molecule has 0 spiro atoms. The third-order valence-electron chi connectivity index (χ3n) is 3.97. The molecule has 1 aliphatic heterocycles. The van der Waals surface area contributed by atoms with Gasteiger partial charge in [-0.2, -0.15) is 0 Å². The SMILES string of the molecule is CCOc1ccc(N2CCN(CC(=O)NC(CC)CO)C2=O)cc1. The van der Waals surface area contributed by atoms with Crippen LogP contribution in [-0.2, 0) is 4.79 Å². The molecule has 0 bridgehead atoms. The minimum absolute atomic E-state index is 0.00284. The molecule has 0 aliphatic carbocycles. The maximum Gasteiger partial charge on any atom is 0.325 e. The Hall–Kier alpha value is -2.28. The van der Waals surface area contributed by atoms with Gasteiger partial charge in [-0.05, 0) is 37.6 Å². The van der Waals surface area contributed by atoms with Gasteiger partial charge in [-0.1, -0.05) is 6.92 Å². The molecule has 132 valence electrons. The number of nitrogens with one attached hydrogen (secondary N) is 1. The van der Waals surface area contributed by atoms with Crippen LogP contribution in [0, 0.1) is 0 Å². The fourth-order valence-electron chi connectivity index (χ4n) is 2.58. The van der Waals surface area contributed by atoms with Crippen LogP contribution in [-0.4, -0.2) is 60.8 Å². The predicted molar refractivity (Wildman–Crippen MR) is 91.2 cm³/mol. The first-order valence-corrected chi connectivity index (χ1v) is 8.28. The Morgan fingerprint density at radius 2 is 2.00 bits per heavy atom. The first-order valence-electron chi connectivity index (χ1n) is 8.28. The monoisotopic (exact) mass is 335 g/mol. The van der Waals surface area contributed by atoms with Crippen LogP contribution in [0.25, 0.3) is 0 Å². The number of urea groups is 1. The Morgan fingerprint density at radius 1 is 1.29 bits per heavy atom. The normalized spacial score (nSPS) is 15.5. The summed E-state index contributed by atoms with van der Waals surface area (Å²) in [5, 5.41) is 11.8. The number of carbonyl (C=O) groups excluding carboxylic acids is 2. The average molecular weight is 335 g/mol. The van der Waals surface area contributed by atoms with E-state index in [0.29, 0.717) is 26.1 Å². The van der Waals surface area contributed by atoms with Crippen molar-refractivity contribution in [3.05, 3.63) is 24.3 Å². The van der Waals surface area contributed by atoms with E-state index in [0.717, 1.165) is 11.4 Å². The zero-order valence-corrected chi connectivity index (χ0v) is 14.2. The van der Waals surface area contributed by atoms with Crippen LogP contribution < -0.4 is 15.0 Å². The van der Waals surface area contributed by atoms with Crippen molar-refractivity contribution < 1.29 is 19.4 Å². The maximum absolute atomic E-state index is 12.5. The van der Waals surface area contributed by atoms with Crippen molar-refractivity contribution in [1.82, 2.24) is 10.2 Å². The van der Waals surface area contributed by atoms with E-state index in [2.05, 4.69) is 5.32 Å². The van der Waals surface area contributed by atoms with Crippen molar-refractivity contribution in [2.24, 2.45) is 0 Å². The van der Waals surface area contributed by atoms with Gasteiger partial charge in [0.05, 0.1) is 19.3 Å². The van der Waals surface area contributed by atoms with Gasteiger partial charge in [0, 0.05) is 18.8 Å². The highest BCUT2D eigenvalue weighted by Crippen LogP contribution is 2.23. The van der Waals surface area contributed by atoms with Crippen LogP contribution in [0.4, 0.5) is 10.5 Å². The summed E-state index contributed by atoms with van der Waals surface area (Å²) in [6, 6.07) is 6.88. The Kier molecular flexibility index (Phi) is 6.43. The summed E-state index contributed by atoms with van der Waals surface area (Å²) in [7, 11) is 0. The Morgan fingerprint density at radius 3 is 2.58 bits per heavy atom. The fraction of sp³-hybridized carbons (Fsp3) is 0.529. The van der Waals surface area contributed by atoms with E-state index in [4.69, 9.17) is 9.84 Å². The molecule has 1 aliphatic rings. The molecule has 7 nitrogen and oxygen atoms in total. The largest absolute Gasteiger partial charge is 0.494 e. The van der Waals surface area contributed by atoms with Crippen LogP contribution in [0.1, 0.15) is 20.3 Å². The van der Waals surface area contributed by atoms with Crippen molar-refractivity contribution >= 4 is 17.6 Å². The van der Waals surface area contributed by atoms with E-state index in [1.54, 1.807) is 4.90 Å². The van der Waals surface area contributed by atoms with Crippen LogP contribution >= 0.6 is 0 Å². The van der Waals surface area contributed by atoms with Gasteiger partial charge in [-0.15, -0.1) is 0 Å². The molecule has 0 aromatic heterocycles. The average Bonchev–Trinajstić information content (AvgIpc) is 2.94. The molecule has 3 amide bonds. The first kappa shape index (κ1) is 18.1. The molecule has 1 unspecified atom stereocenters. The number of carbonyl (C=O) groups is 2. The molecule has 0 saturated carbocycles. The molecule has 2 N–H and O–H groups in total. The zero-order chi connectivity index (χ0) is 17.5. The van der Waals surface area contributed by atoms with Crippen molar-refractivity contribution in [1.29, 1.82) is 0 Å². The summed E-state index contributed by atoms with van der Waals surface area (Å²) >= 11 is 0. The van der Waals surface area contributed by atoms with Crippen molar-refractivity contribution in [3.8, 4) is 5.75 Å². The molecule has 2 rings (SSSR count). The van der Waals surface area contributed by atoms with Crippen molar-refractivity contribution in [2.75, 3.05) is 37.7 Å². The smallest absolute Gasteiger partial charge is 0.325 e. The lowest BCUT2D eigenvalue weighted by Gasteiger charge is -2.20. The summed E-state index contributed by atoms with van der Waals surface area (Å²) in [4.78, 5) is 27.6. The van der Waals surface area contributed by atoms with Gasteiger partial charge in [0.25, 0.3) is 0 Å². The third-order valence-corrected chi connectivity index (χ3v) is 3.97. The maximum atomic E-state index is 12.5. The van der Waals surface area contributed by atoms with Crippen molar-refractivity contribution in [2.45, 2.75) is 26.3 Å². The lowest BCUT2D eigenvalue weighted by atomic mass is 10.2. The van der Waals surface area contributed by atoms with Gasteiger partial charge in [-0.25, -0.2) is 4.79 Å². The number of aliphatic hydroxyl groups excluding tert-OH is 1. The highest BCUT2D eigenvalue weighted by atomic mass is 16.5. The number of amides is 3. The third kappa shape index (κ3) is 4.38. The van der Waals surface area contributed by atoms with Crippen LogP contribution in [0.15, 0.2) is 24.3 Å². The second-order valence-corrected chi connectivity index (χ2v) is 5.64. The number of benzene rings is 1. The molecule has 1 saturated heterocycles. The zero-order valence-electron chi connectivity index (χ0n) is 14.2. The number of nitrogens with zero attached hydrogens (tertiary/aromatic N) is 2. The van der Waals surface area contributed by atoms with Crippen LogP contribution in [0.2, 0.25) is 0 Å². The molecule has 1 atom stereocenters. The van der Waals surface area contributed by atoms with E-state index in [1.165, 1.54) is 4.90 Å². The number of rotatable bonds is 8. The van der Waals surface area contributed by atoms with Gasteiger partial charge < -0.3 is 20.1 Å². The lowest BCUT2D eigenvalue weighted by molar-refractivity contribution is -0.122. The highest BCUT2D eigenvalue weighted by Gasteiger charge is 2.31. The summed E-state index contributed by atoms with van der Waals surface area (Å²) in [6.07, 6.45) is 0.647. The van der Waals surface area contributed by atoms with E-state index < -0.39 is 0 Å². The standard InChI is InChI=1S/C17H25N3O4/c1-3-13(12-21)18-16(22)11-19-9-10-20(17(19)23)14-5-7-15(8-6-14)24-4-2/h5-8,13,21H,3-4,9-12H2,1-2H3,(H,18,22). The topological polar surface area (TPSA) is 82.1 Å². The summed E-state index contributed by atoms with van der Waals surface area (Å²) < 4.78 is 5.40.